The molecular formula is C19H21N5OS. The molecule has 1 saturated heterocycles. The van der Waals surface area contributed by atoms with Crippen molar-refractivity contribution >= 4 is 34.5 Å². The molecule has 1 aliphatic rings. The van der Waals surface area contributed by atoms with Gasteiger partial charge in [0.25, 0.3) is 0 Å². The molecule has 7 heteroatoms. The van der Waals surface area contributed by atoms with Crippen molar-refractivity contribution in [1.82, 2.24) is 19.0 Å². The van der Waals surface area contributed by atoms with E-state index in [4.69, 9.17) is 0 Å². The molecule has 0 spiro atoms. The molecule has 0 bridgehead atoms. The van der Waals surface area contributed by atoms with Crippen LogP contribution in [0.25, 0.3) is 11.2 Å². The van der Waals surface area contributed by atoms with E-state index in [-0.39, 0.29) is 11.8 Å². The summed E-state index contributed by atoms with van der Waals surface area (Å²) in [5.74, 6) is 0.225. The monoisotopic (exact) mass is 367 g/mol. The molecule has 26 heavy (non-hydrogen) atoms. The summed E-state index contributed by atoms with van der Waals surface area (Å²) < 4.78 is 8.57. The first-order valence-corrected chi connectivity index (χ1v) is 9.59. The van der Waals surface area contributed by atoms with Crippen LogP contribution in [0.5, 0.6) is 0 Å². The van der Waals surface area contributed by atoms with Crippen molar-refractivity contribution in [3.05, 3.63) is 47.7 Å². The number of piperidine rings is 1. The number of anilines is 1. The second-order valence-corrected chi connectivity index (χ2v) is 7.26. The van der Waals surface area contributed by atoms with Gasteiger partial charge in [-0.1, -0.05) is 29.8 Å². The average molecular weight is 367 g/mol. The first kappa shape index (κ1) is 16.9. The molecule has 1 amide bonds. The summed E-state index contributed by atoms with van der Waals surface area (Å²) in [6, 6.07) is 10.2. The number of nitrogens with one attached hydrogen (secondary N) is 1. The third kappa shape index (κ3) is 3.53. The number of benzene rings is 1. The van der Waals surface area contributed by atoms with Crippen LogP contribution in [0.3, 0.4) is 0 Å². The van der Waals surface area contributed by atoms with Gasteiger partial charge in [-0.05, 0) is 31.4 Å². The van der Waals surface area contributed by atoms with Gasteiger partial charge >= 0.3 is 0 Å². The number of hydrogen-bond acceptors (Lipinski definition) is 6. The molecule has 3 heterocycles. The third-order valence-corrected chi connectivity index (χ3v) is 5.42. The summed E-state index contributed by atoms with van der Waals surface area (Å²) in [6.45, 7) is 4.35. The second kappa shape index (κ2) is 7.37. The second-order valence-electron chi connectivity index (χ2n) is 6.73. The number of carbonyl (C=O) groups excluding carboxylic acids is 1. The lowest BCUT2D eigenvalue weighted by Gasteiger charge is -2.32. The zero-order chi connectivity index (χ0) is 17.9. The van der Waals surface area contributed by atoms with Gasteiger partial charge in [0.2, 0.25) is 5.91 Å². The first-order chi connectivity index (χ1) is 12.7. The normalized spacial score (nSPS) is 15.3. The predicted octanol–water partition coefficient (Wildman–Crippen LogP) is 2.93. The lowest BCUT2D eigenvalue weighted by Crippen LogP contribution is -2.40. The molecule has 0 aliphatic carbocycles. The Kier molecular flexibility index (Phi) is 4.79. The number of fused-ring (bicyclic) bond motifs is 1. The van der Waals surface area contributed by atoms with Crippen molar-refractivity contribution in [2.75, 3.05) is 18.0 Å². The van der Waals surface area contributed by atoms with Gasteiger partial charge in [-0.15, -0.1) is 0 Å². The van der Waals surface area contributed by atoms with Crippen molar-refractivity contribution in [2.45, 2.75) is 26.3 Å². The van der Waals surface area contributed by atoms with Crippen LogP contribution in [0, 0.1) is 12.8 Å². The zero-order valence-electron chi connectivity index (χ0n) is 14.7. The van der Waals surface area contributed by atoms with Crippen molar-refractivity contribution in [3.8, 4) is 0 Å². The number of amides is 1. The Morgan fingerprint density at radius 2 is 2.12 bits per heavy atom. The Balaban J connectivity index is 1.34. The fourth-order valence-electron chi connectivity index (χ4n) is 3.48. The van der Waals surface area contributed by atoms with Gasteiger partial charge in [-0.2, -0.15) is 8.75 Å². The zero-order valence-corrected chi connectivity index (χ0v) is 15.5. The third-order valence-electron chi connectivity index (χ3n) is 4.90. The number of aryl methyl sites for hydroxylation is 1. The maximum absolute atomic E-state index is 12.5. The smallest absolute Gasteiger partial charge is 0.223 e. The Morgan fingerprint density at radius 1 is 1.27 bits per heavy atom. The molecular weight excluding hydrogens is 346 g/mol. The van der Waals surface area contributed by atoms with E-state index in [0.717, 1.165) is 42.7 Å². The minimum absolute atomic E-state index is 0.0712. The van der Waals surface area contributed by atoms with Gasteiger partial charge < -0.3 is 10.2 Å². The van der Waals surface area contributed by atoms with E-state index >= 15 is 0 Å². The summed E-state index contributed by atoms with van der Waals surface area (Å²) in [7, 11) is 0. The highest BCUT2D eigenvalue weighted by Gasteiger charge is 2.26. The molecule has 3 aromatic rings. The molecule has 0 unspecified atom stereocenters. The van der Waals surface area contributed by atoms with Gasteiger partial charge in [-0.3, -0.25) is 4.79 Å². The van der Waals surface area contributed by atoms with E-state index in [2.05, 4.69) is 43.0 Å². The van der Waals surface area contributed by atoms with E-state index in [1.165, 1.54) is 17.3 Å². The molecule has 2 aromatic heterocycles. The summed E-state index contributed by atoms with van der Waals surface area (Å²) in [4.78, 5) is 19.0. The van der Waals surface area contributed by atoms with E-state index in [9.17, 15) is 4.79 Å². The molecule has 4 rings (SSSR count). The van der Waals surface area contributed by atoms with Gasteiger partial charge in [-0.25, -0.2) is 4.98 Å². The van der Waals surface area contributed by atoms with Crippen molar-refractivity contribution in [3.63, 3.8) is 0 Å². The molecule has 1 aromatic carbocycles. The van der Waals surface area contributed by atoms with Crippen LogP contribution < -0.4 is 10.2 Å². The summed E-state index contributed by atoms with van der Waals surface area (Å²) in [6.07, 6.45) is 3.47. The number of nitrogens with zero attached hydrogens (tertiary/aromatic N) is 4. The average Bonchev–Trinajstić information content (AvgIpc) is 3.15. The standard InChI is InChI=1S/C19H21N5OS/c1-13-3-2-4-14(11-13)12-21-19(25)15-6-9-24(10-7-15)16-5-8-20-18-17(16)22-26-23-18/h2-5,8,11,15H,6-7,9-10,12H2,1H3,(H,21,25). The van der Waals surface area contributed by atoms with Gasteiger partial charge in [0, 0.05) is 31.7 Å². The topological polar surface area (TPSA) is 71.0 Å². The summed E-state index contributed by atoms with van der Waals surface area (Å²) >= 11 is 1.19. The Morgan fingerprint density at radius 3 is 2.92 bits per heavy atom. The van der Waals surface area contributed by atoms with Crippen LogP contribution in [0.15, 0.2) is 36.5 Å². The van der Waals surface area contributed by atoms with E-state index < -0.39 is 0 Å². The highest BCUT2D eigenvalue weighted by Crippen LogP contribution is 2.28. The largest absolute Gasteiger partial charge is 0.370 e. The molecule has 0 saturated carbocycles. The van der Waals surface area contributed by atoms with Crippen molar-refractivity contribution in [1.29, 1.82) is 0 Å². The van der Waals surface area contributed by atoms with Gasteiger partial charge in [0.15, 0.2) is 5.65 Å². The SMILES string of the molecule is Cc1cccc(CNC(=O)C2CCN(c3ccnc4nsnc34)CC2)c1. The van der Waals surface area contributed by atoms with Crippen LogP contribution in [0.2, 0.25) is 0 Å². The fourth-order valence-corrected chi connectivity index (χ4v) is 3.99. The molecule has 1 N–H and O–H groups in total. The minimum atomic E-state index is 0.0712. The van der Waals surface area contributed by atoms with Crippen LogP contribution in [-0.4, -0.2) is 32.7 Å². The van der Waals surface area contributed by atoms with Gasteiger partial charge in [0.1, 0.15) is 5.52 Å². The number of carbonyl (C=O) groups is 1. The lowest BCUT2D eigenvalue weighted by molar-refractivity contribution is -0.125. The first-order valence-electron chi connectivity index (χ1n) is 8.86. The van der Waals surface area contributed by atoms with Crippen LogP contribution in [0.1, 0.15) is 24.0 Å². The highest BCUT2D eigenvalue weighted by atomic mass is 32.1. The van der Waals surface area contributed by atoms with E-state index in [1.54, 1.807) is 6.20 Å². The van der Waals surface area contributed by atoms with E-state index in [0.29, 0.717) is 12.2 Å². The highest BCUT2D eigenvalue weighted by molar-refractivity contribution is 7.00. The quantitative estimate of drug-likeness (QED) is 0.768. The van der Waals surface area contributed by atoms with Crippen LogP contribution in [0.4, 0.5) is 5.69 Å². The molecule has 0 atom stereocenters. The molecule has 6 nitrogen and oxygen atoms in total. The number of aromatic nitrogens is 3. The molecule has 0 radical (unpaired) electrons. The van der Waals surface area contributed by atoms with Crippen molar-refractivity contribution < 1.29 is 4.79 Å². The Labute approximate surface area is 156 Å². The number of pyridine rings is 1. The summed E-state index contributed by atoms with van der Waals surface area (Å²) in [5, 5.41) is 3.09. The number of hydrogen-bond donors (Lipinski definition) is 1. The van der Waals surface area contributed by atoms with Crippen molar-refractivity contribution in [2.24, 2.45) is 5.92 Å². The van der Waals surface area contributed by atoms with Gasteiger partial charge in [0.05, 0.1) is 17.4 Å². The predicted molar refractivity (Wildman–Crippen MR) is 103 cm³/mol. The maximum Gasteiger partial charge on any atom is 0.223 e. The van der Waals surface area contributed by atoms with Crippen LogP contribution >= 0.6 is 11.7 Å². The maximum atomic E-state index is 12.5. The molecule has 1 fully saturated rings. The van der Waals surface area contributed by atoms with Crippen LogP contribution in [-0.2, 0) is 11.3 Å². The minimum Gasteiger partial charge on any atom is -0.370 e. The van der Waals surface area contributed by atoms with E-state index in [1.807, 2.05) is 18.2 Å². The fraction of sp³-hybridized carbons (Fsp3) is 0.368. The summed E-state index contributed by atoms with van der Waals surface area (Å²) in [5.41, 5.74) is 4.99. The number of rotatable bonds is 4. The molecule has 1 aliphatic heterocycles. The Bertz CT molecular complexity index is 917. The molecule has 134 valence electrons. The Hall–Kier alpha value is -2.54. The lowest BCUT2D eigenvalue weighted by atomic mass is 9.95.